The van der Waals surface area contributed by atoms with Crippen LogP contribution in [0.3, 0.4) is 0 Å². The fourth-order valence-electron chi connectivity index (χ4n) is 1.75. The van der Waals surface area contributed by atoms with Gasteiger partial charge in [-0.25, -0.2) is 4.98 Å². The molecule has 1 heterocycles. The predicted octanol–water partition coefficient (Wildman–Crippen LogP) is 3.09. The van der Waals surface area contributed by atoms with Crippen LogP contribution in [-0.2, 0) is 6.54 Å². The largest absolute Gasteiger partial charge is 0.370 e. The van der Waals surface area contributed by atoms with Crippen molar-refractivity contribution < 1.29 is 0 Å². The lowest BCUT2D eigenvalue weighted by molar-refractivity contribution is 0.328. The molecule has 1 N–H and O–H groups in total. The maximum Gasteiger partial charge on any atom is 0.125 e. The molecule has 0 unspecified atom stereocenters. The molecule has 1 rings (SSSR count). The topological polar surface area (TPSA) is 28.2 Å². The van der Waals surface area contributed by atoms with Crippen LogP contribution in [0.1, 0.15) is 25.3 Å². The molecular weight excluding hydrogens is 242 g/mol. The summed E-state index contributed by atoms with van der Waals surface area (Å²) in [5.41, 5.74) is 1.28. The smallest absolute Gasteiger partial charge is 0.125 e. The summed E-state index contributed by atoms with van der Waals surface area (Å²) in [7, 11) is 2.17. The Morgan fingerprint density at radius 1 is 1.39 bits per heavy atom. The molecule has 0 radical (unpaired) electrons. The summed E-state index contributed by atoms with van der Waals surface area (Å²) in [6.45, 7) is 5.28. The molecule has 4 heteroatoms. The highest BCUT2D eigenvalue weighted by Crippen LogP contribution is 2.08. The van der Waals surface area contributed by atoms with Crippen LogP contribution in [0.4, 0.5) is 5.82 Å². The minimum Gasteiger partial charge on any atom is -0.370 e. The molecule has 1 aromatic rings. The Kier molecular flexibility index (Phi) is 7.85. The fraction of sp³-hybridized carbons (Fsp3) is 0.643. The Hall–Kier alpha value is -0.740. The van der Waals surface area contributed by atoms with Gasteiger partial charge >= 0.3 is 0 Å². The molecule has 0 aliphatic carbocycles. The summed E-state index contributed by atoms with van der Waals surface area (Å²) < 4.78 is 0. The van der Waals surface area contributed by atoms with Crippen molar-refractivity contribution in [3.8, 4) is 0 Å². The molecule has 18 heavy (non-hydrogen) atoms. The van der Waals surface area contributed by atoms with Crippen LogP contribution >= 0.6 is 11.8 Å². The molecule has 1 aromatic heterocycles. The summed E-state index contributed by atoms with van der Waals surface area (Å²) in [5.74, 6) is 2.22. The number of anilines is 1. The van der Waals surface area contributed by atoms with Crippen LogP contribution in [0.2, 0.25) is 0 Å². The first-order valence-electron chi connectivity index (χ1n) is 6.62. The second-order valence-electron chi connectivity index (χ2n) is 4.56. The van der Waals surface area contributed by atoms with E-state index in [-0.39, 0.29) is 0 Å². The van der Waals surface area contributed by atoms with Gasteiger partial charge in [0.1, 0.15) is 5.82 Å². The molecule has 102 valence electrons. The highest BCUT2D eigenvalue weighted by Gasteiger charge is 2.01. The molecule has 0 saturated heterocycles. The molecule has 3 nitrogen and oxygen atoms in total. The van der Waals surface area contributed by atoms with Crippen LogP contribution < -0.4 is 5.32 Å². The first-order valence-corrected chi connectivity index (χ1v) is 8.02. The second kappa shape index (κ2) is 9.22. The Balaban J connectivity index is 2.33. The Labute approximate surface area is 115 Å². The molecule has 0 saturated carbocycles. The molecule has 0 spiro atoms. The first kappa shape index (κ1) is 15.3. The van der Waals surface area contributed by atoms with Crippen molar-refractivity contribution in [1.29, 1.82) is 0 Å². The SMILES string of the molecule is CCCNc1ccc(CN(C)CCCSC)cn1. The average Bonchev–Trinajstić information content (AvgIpc) is 2.38. The average molecular weight is 267 g/mol. The molecule has 0 aliphatic heterocycles. The van der Waals surface area contributed by atoms with Crippen molar-refractivity contribution in [3.63, 3.8) is 0 Å². The van der Waals surface area contributed by atoms with Gasteiger partial charge in [0.05, 0.1) is 0 Å². The lowest BCUT2D eigenvalue weighted by Crippen LogP contribution is -2.19. The summed E-state index contributed by atoms with van der Waals surface area (Å²) in [4.78, 5) is 6.78. The van der Waals surface area contributed by atoms with Crippen LogP contribution in [-0.4, -0.2) is 42.0 Å². The van der Waals surface area contributed by atoms with E-state index >= 15 is 0 Å². The van der Waals surface area contributed by atoms with Gasteiger partial charge in [0.25, 0.3) is 0 Å². The number of aromatic nitrogens is 1. The van der Waals surface area contributed by atoms with Crippen LogP contribution in [0.5, 0.6) is 0 Å². The van der Waals surface area contributed by atoms with Gasteiger partial charge in [0.2, 0.25) is 0 Å². The van der Waals surface area contributed by atoms with Gasteiger partial charge in [0.15, 0.2) is 0 Å². The highest BCUT2D eigenvalue weighted by molar-refractivity contribution is 7.98. The van der Waals surface area contributed by atoms with Gasteiger partial charge in [-0.05, 0) is 50.1 Å². The van der Waals surface area contributed by atoms with Gasteiger partial charge in [-0.1, -0.05) is 13.0 Å². The van der Waals surface area contributed by atoms with Crippen LogP contribution in [0.25, 0.3) is 0 Å². The highest BCUT2D eigenvalue weighted by atomic mass is 32.2. The summed E-state index contributed by atoms with van der Waals surface area (Å²) in [6, 6.07) is 4.23. The van der Waals surface area contributed by atoms with Gasteiger partial charge in [0, 0.05) is 19.3 Å². The van der Waals surface area contributed by atoms with E-state index in [0.717, 1.165) is 31.9 Å². The van der Waals surface area contributed by atoms with Crippen molar-refractivity contribution >= 4 is 17.6 Å². The molecule has 0 fully saturated rings. The van der Waals surface area contributed by atoms with E-state index in [1.807, 2.05) is 18.0 Å². The third-order valence-corrected chi connectivity index (χ3v) is 3.42. The minimum atomic E-state index is 0.977. The number of pyridine rings is 1. The number of hydrogen-bond donors (Lipinski definition) is 1. The number of thioether (sulfide) groups is 1. The summed E-state index contributed by atoms with van der Waals surface area (Å²) >= 11 is 1.91. The predicted molar refractivity (Wildman–Crippen MR) is 82.4 cm³/mol. The van der Waals surface area contributed by atoms with E-state index in [4.69, 9.17) is 0 Å². The third-order valence-electron chi connectivity index (χ3n) is 2.72. The lowest BCUT2D eigenvalue weighted by atomic mass is 10.2. The van der Waals surface area contributed by atoms with Crippen molar-refractivity contribution in [1.82, 2.24) is 9.88 Å². The zero-order valence-electron chi connectivity index (χ0n) is 11.8. The maximum absolute atomic E-state index is 4.42. The molecule has 0 aromatic carbocycles. The van der Waals surface area contributed by atoms with E-state index < -0.39 is 0 Å². The van der Waals surface area contributed by atoms with Crippen molar-refractivity contribution in [2.45, 2.75) is 26.3 Å². The van der Waals surface area contributed by atoms with E-state index in [1.54, 1.807) is 0 Å². The molecule has 0 aliphatic rings. The Morgan fingerprint density at radius 3 is 2.83 bits per heavy atom. The quantitative estimate of drug-likeness (QED) is 0.696. The van der Waals surface area contributed by atoms with Crippen molar-refractivity contribution in [3.05, 3.63) is 23.9 Å². The van der Waals surface area contributed by atoms with E-state index in [2.05, 4.69) is 47.6 Å². The molecule has 0 amide bonds. The Bertz CT molecular complexity index is 313. The Morgan fingerprint density at radius 2 is 2.22 bits per heavy atom. The zero-order chi connectivity index (χ0) is 13.2. The van der Waals surface area contributed by atoms with Gasteiger partial charge < -0.3 is 10.2 Å². The van der Waals surface area contributed by atoms with Crippen molar-refractivity contribution in [2.24, 2.45) is 0 Å². The van der Waals surface area contributed by atoms with Gasteiger partial charge in [-0.2, -0.15) is 11.8 Å². The standard InChI is InChI=1S/C14H25N3S/c1-4-8-15-14-7-6-13(11-16-14)12-17(2)9-5-10-18-3/h6-7,11H,4-5,8-10,12H2,1-3H3,(H,15,16). The van der Waals surface area contributed by atoms with Crippen LogP contribution in [0.15, 0.2) is 18.3 Å². The third kappa shape index (κ3) is 6.26. The van der Waals surface area contributed by atoms with Crippen LogP contribution in [0, 0.1) is 0 Å². The van der Waals surface area contributed by atoms with Gasteiger partial charge in [-0.3, -0.25) is 0 Å². The molecular formula is C14H25N3S. The summed E-state index contributed by atoms with van der Waals surface area (Å²) in [6.07, 6.45) is 6.51. The van der Waals surface area contributed by atoms with E-state index in [1.165, 1.54) is 17.7 Å². The number of hydrogen-bond acceptors (Lipinski definition) is 4. The normalized spacial score (nSPS) is 10.9. The fourth-order valence-corrected chi connectivity index (χ4v) is 2.16. The van der Waals surface area contributed by atoms with E-state index in [9.17, 15) is 0 Å². The number of rotatable bonds is 9. The maximum atomic E-state index is 4.42. The minimum absolute atomic E-state index is 0.977. The lowest BCUT2D eigenvalue weighted by Gasteiger charge is -2.16. The zero-order valence-corrected chi connectivity index (χ0v) is 12.6. The first-order chi connectivity index (χ1) is 8.76. The monoisotopic (exact) mass is 267 g/mol. The summed E-state index contributed by atoms with van der Waals surface area (Å²) in [5, 5.41) is 3.29. The molecule has 0 atom stereocenters. The molecule has 0 bridgehead atoms. The van der Waals surface area contributed by atoms with E-state index in [0.29, 0.717) is 0 Å². The van der Waals surface area contributed by atoms with Gasteiger partial charge in [-0.15, -0.1) is 0 Å². The second-order valence-corrected chi connectivity index (χ2v) is 5.55. The number of nitrogens with one attached hydrogen (secondary N) is 1. The van der Waals surface area contributed by atoms with Crippen molar-refractivity contribution in [2.75, 3.05) is 37.5 Å². The number of nitrogens with zero attached hydrogens (tertiary/aromatic N) is 2.